The number of nitrogens with zero attached hydrogens (tertiary/aromatic N) is 1. The Morgan fingerprint density at radius 3 is 2.63 bits per heavy atom. The number of amides is 1. The molecule has 1 heterocycles. The molecule has 2 rings (SSSR count). The van der Waals surface area contributed by atoms with Crippen LogP contribution in [0.5, 0.6) is 0 Å². The van der Waals surface area contributed by atoms with Crippen LogP contribution in [0.4, 0.5) is 0 Å². The second-order valence-electron chi connectivity index (χ2n) is 4.47. The minimum Gasteiger partial charge on any atom is -0.266 e. The van der Waals surface area contributed by atoms with Gasteiger partial charge in [-0.3, -0.25) is 4.79 Å². The molecule has 1 amide bonds. The zero-order chi connectivity index (χ0) is 13.8. The molecule has 0 saturated heterocycles. The molecular weight excluding hydrogens is 256 g/mol. The average Bonchev–Trinajstić information content (AvgIpc) is 2.89. The van der Waals surface area contributed by atoms with Crippen molar-refractivity contribution in [2.24, 2.45) is 5.10 Å². The van der Waals surface area contributed by atoms with Crippen LogP contribution >= 0.6 is 11.3 Å². The molecule has 0 spiro atoms. The Kier molecular flexibility index (Phi) is 4.12. The highest BCUT2D eigenvalue weighted by Crippen LogP contribution is 2.13. The van der Waals surface area contributed by atoms with Crippen molar-refractivity contribution in [1.82, 2.24) is 5.43 Å². The van der Waals surface area contributed by atoms with E-state index >= 15 is 0 Å². The van der Waals surface area contributed by atoms with Gasteiger partial charge in [0.05, 0.1) is 11.1 Å². The number of hydrogen-bond acceptors (Lipinski definition) is 3. The van der Waals surface area contributed by atoms with Gasteiger partial charge >= 0.3 is 0 Å². The Balaban J connectivity index is 2.07. The molecule has 19 heavy (non-hydrogen) atoms. The van der Waals surface area contributed by atoms with Crippen LogP contribution in [0.3, 0.4) is 0 Å². The molecule has 0 aliphatic carbocycles. The van der Waals surface area contributed by atoms with Crippen molar-refractivity contribution in [1.29, 1.82) is 0 Å². The number of rotatable bonds is 3. The van der Waals surface area contributed by atoms with E-state index in [1.165, 1.54) is 22.5 Å². The summed E-state index contributed by atoms with van der Waals surface area (Å²) >= 11 is 1.40. The second-order valence-corrected chi connectivity index (χ2v) is 5.42. The fraction of sp³-hybridized carbons (Fsp3) is 0.200. The Labute approximate surface area is 117 Å². The minimum atomic E-state index is -0.173. The molecule has 0 saturated carbocycles. The summed E-state index contributed by atoms with van der Waals surface area (Å²) in [5.74, 6) is -0.173. The first-order valence-electron chi connectivity index (χ1n) is 6.02. The lowest BCUT2D eigenvalue weighted by atomic mass is 10.0. The third-order valence-corrected chi connectivity index (χ3v) is 3.87. The van der Waals surface area contributed by atoms with Crippen molar-refractivity contribution in [3.05, 3.63) is 56.8 Å². The third kappa shape index (κ3) is 3.29. The largest absolute Gasteiger partial charge is 0.281 e. The van der Waals surface area contributed by atoms with E-state index in [4.69, 9.17) is 0 Å². The highest BCUT2D eigenvalue weighted by molar-refractivity contribution is 7.12. The molecular formula is C15H16N2OS. The van der Waals surface area contributed by atoms with Crippen LogP contribution in [0.15, 0.2) is 34.7 Å². The number of thiophene rings is 1. The van der Waals surface area contributed by atoms with Crippen LogP contribution in [0.2, 0.25) is 0 Å². The van der Waals surface area contributed by atoms with E-state index in [-0.39, 0.29) is 5.91 Å². The highest BCUT2D eigenvalue weighted by atomic mass is 32.1. The van der Waals surface area contributed by atoms with Gasteiger partial charge in [0.1, 0.15) is 0 Å². The van der Waals surface area contributed by atoms with Gasteiger partial charge in [-0.05, 0) is 60.5 Å². The number of benzene rings is 1. The summed E-state index contributed by atoms with van der Waals surface area (Å²) in [5, 5.41) is 5.88. The van der Waals surface area contributed by atoms with Gasteiger partial charge in [0.2, 0.25) is 0 Å². The van der Waals surface area contributed by atoms with Crippen LogP contribution < -0.4 is 5.43 Å². The van der Waals surface area contributed by atoms with Crippen molar-refractivity contribution in [3.8, 4) is 0 Å². The van der Waals surface area contributed by atoms with E-state index in [9.17, 15) is 4.79 Å². The first kappa shape index (κ1) is 13.5. The van der Waals surface area contributed by atoms with Gasteiger partial charge in [0.15, 0.2) is 0 Å². The lowest BCUT2D eigenvalue weighted by Crippen LogP contribution is -2.16. The van der Waals surface area contributed by atoms with Crippen LogP contribution in [-0.2, 0) is 0 Å². The van der Waals surface area contributed by atoms with E-state index in [1.807, 2.05) is 18.4 Å². The fourth-order valence-corrected chi connectivity index (χ4v) is 2.36. The highest BCUT2D eigenvalue weighted by Gasteiger charge is 2.04. The van der Waals surface area contributed by atoms with Gasteiger partial charge in [-0.15, -0.1) is 11.3 Å². The van der Waals surface area contributed by atoms with Crippen LogP contribution in [-0.4, -0.2) is 12.1 Å². The van der Waals surface area contributed by atoms with Gasteiger partial charge in [-0.1, -0.05) is 12.1 Å². The average molecular weight is 272 g/mol. The summed E-state index contributed by atoms with van der Waals surface area (Å²) in [6, 6.07) is 7.82. The van der Waals surface area contributed by atoms with E-state index in [2.05, 4.69) is 36.5 Å². The molecule has 1 aromatic carbocycles. The SMILES string of the molecule is Cc1cc(C)c(/C=N\NC(=O)c2cccs2)cc1C. The molecule has 1 N–H and O–H groups in total. The number of carbonyl (C=O) groups excluding carboxylic acids is 1. The normalized spacial score (nSPS) is 10.9. The van der Waals surface area contributed by atoms with Crippen molar-refractivity contribution in [2.45, 2.75) is 20.8 Å². The van der Waals surface area contributed by atoms with Gasteiger partial charge in [0.25, 0.3) is 5.91 Å². The molecule has 98 valence electrons. The third-order valence-electron chi connectivity index (χ3n) is 3.00. The van der Waals surface area contributed by atoms with E-state index in [0.29, 0.717) is 4.88 Å². The Morgan fingerprint density at radius 2 is 1.95 bits per heavy atom. The van der Waals surface area contributed by atoms with Crippen LogP contribution in [0.1, 0.15) is 31.9 Å². The molecule has 0 radical (unpaired) electrons. The summed E-state index contributed by atoms with van der Waals surface area (Å²) in [5.41, 5.74) is 7.19. The van der Waals surface area contributed by atoms with Gasteiger partial charge in [-0.25, -0.2) is 5.43 Å². The molecule has 4 heteroatoms. The van der Waals surface area contributed by atoms with Crippen molar-refractivity contribution < 1.29 is 4.79 Å². The van der Waals surface area contributed by atoms with E-state index < -0.39 is 0 Å². The molecule has 0 aliphatic heterocycles. The van der Waals surface area contributed by atoms with Crippen LogP contribution in [0.25, 0.3) is 0 Å². The summed E-state index contributed by atoms with van der Waals surface area (Å²) in [7, 11) is 0. The molecule has 0 unspecified atom stereocenters. The lowest BCUT2D eigenvalue weighted by molar-refractivity contribution is 0.0959. The van der Waals surface area contributed by atoms with Crippen LogP contribution in [0, 0.1) is 20.8 Å². The molecule has 2 aromatic rings. The number of hydrazone groups is 1. The van der Waals surface area contributed by atoms with Gasteiger partial charge in [-0.2, -0.15) is 5.10 Å². The quantitative estimate of drug-likeness (QED) is 0.675. The fourth-order valence-electron chi connectivity index (χ4n) is 1.75. The topological polar surface area (TPSA) is 41.5 Å². The van der Waals surface area contributed by atoms with Crippen molar-refractivity contribution in [3.63, 3.8) is 0 Å². The number of carbonyl (C=O) groups is 1. The maximum atomic E-state index is 11.7. The molecule has 0 bridgehead atoms. The second kappa shape index (κ2) is 5.80. The van der Waals surface area contributed by atoms with Gasteiger partial charge in [0, 0.05) is 0 Å². The smallest absolute Gasteiger partial charge is 0.266 e. The monoisotopic (exact) mass is 272 g/mol. The van der Waals surface area contributed by atoms with E-state index in [1.54, 1.807) is 12.3 Å². The first-order valence-corrected chi connectivity index (χ1v) is 6.90. The van der Waals surface area contributed by atoms with E-state index in [0.717, 1.165) is 11.1 Å². The Bertz CT molecular complexity index is 615. The van der Waals surface area contributed by atoms with Gasteiger partial charge < -0.3 is 0 Å². The standard InChI is InChI=1S/C15H16N2OS/c1-10-7-12(3)13(8-11(10)2)9-16-17-15(18)14-5-4-6-19-14/h4-9H,1-3H3,(H,17,18)/b16-9-. The summed E-state index contributed by atoms with van der Waals surface area (Å²) < 4.78 is 0. The first-order chi connectivity index (χ1) is 9.08. The lowest BCUT2D eigenvalue weighted by Gasteiger charge is -2.05. The molecule has 0 atom stereocenters. The summed E-state index contributed by atoms with van der Waals surface area (Å²) in [6.07, 6.45) is 1.69. The minimum absolute atomic E-state index is 0.173. The Morgan fingerprint density at radius 1 is 1.21 bits per heavy atom. The molecule has 0 fully saturated rings. The number of aryl methyl sites for hydroxylation is 3. The number of nitrogens with one attached hydrogen (secondary N) is 1. The predicted octanol–water partition coefficient (Wildman–Crippen LogP) is 3.44. The zero-order valence-corrected chi connectivity index (χ0v) is 12.0. The molecule has 1 aromatic heterocycles. The maximum absolute atomic E-state index is 11.7. The maximum Gasteiger partial charge on any atom is 0.281 e. The number of hydrogen-bond donors (Lipinski definition) is 1. The summed E-state index contributed by atoms with van der Waals surface area (Å²) in [4.78, 5) is 12.3. The van der Waals surface area contributed by atoms with Crippen molar-refractivity contribution in [2.75, 3.05) is 0 Å². The molecule has 0 aliphatic rings. The predicted molar refractivity (Wildman–Crippen MR) is 80.0 cm³/mol. The van der Waals surface area contributed by atoms with Crippen molar-refractivity contribution >= 4 is 23.5 Å². The zero-order valence-electron chi connectivity index (χ0n) is 11.2. The molecule has 3 nitrogen and oxygen atoms in total. The Hall–Kier alpha value is -1.94. The summed E-state index contributed by atoms with van der Waals surface area (Å²) in [6.45, 7) is 6.19.